The summed E-state index contributed by atoms with van der Waals surface area (Å²) >= 11 is 1.66. The van der Waals surface area contributed by atoms with Crippen molar-refractivity contribution in [3.8, 4) is 5.75 Å². The van der Waals surface area contributed by atoms with Crippen LogP contribution in [0.25, 0.3) is 0 Å². The molecule has 0 heterocycles. The first-order valence-electron chi connectivity index (χ1n) is 7.11. The largest absolute Gasteiger partial charge is 0.490 e. The van der Waals surface area contributed by atoms with Crippen LogP contribution in [-0.2, 0) is 0 Å². The number of anilines is 1. The van der Waals surface area contributed by atoms with E-state index in [1.807, 2.05) is 48.5 Å². The van der Waals surface area contributed by atoms with E-state index in [-0.39, 0.29) is 5.91 Å². The second kappa shape index (κ2) is 8.29. The summed E-state index contributed by atoms with van der Waals surface area (Å²) in [5.41, 5.74) is 1.44. The summed E-state index contributed by atoms with van der Waals surface area (Å²) < 4.78 is 5.42. The monoisotopic (exact) mass is 313 g/mol. The summed E-state index contributed by atoms with van der Waals surface area (Å²) in [7, 11) is 0. The fourth-order valence-corrected chi connectivity index (χ4v) is 2.73. The van der Waals surface area contributed by atoms with Crippen molar-refractivity contribution in [2.45, 2.75) is 11.8 Å². The van der Waals surface area contributed by atoms with Crippen LogP contribution in [0.3, 0.4) is 0 Å². The van der Waals surface area contributed by atoms with Crippen LogP contribution in [0.4, 0.5) is 5.69 Å². The van der Waals surface area contributed by atoms with E-state index in [9.17, 15) is 4.79 Å². The van der Waals surface area contributed by atoms with Crippen molar-refractivity contribution in [3.63, 3.8) is 0 Å². The fourth-order valence-electron chi connectivity index (χ4n) is 1.92. The zero-order valence-corrected chi connectivity index (χ0v) is 13.4. The zero-order chi connectivity index (χ0) is 15.8. The van der Waals surface area contributed by atoms with Crippen LogP contribution in [-0.4, -0.2) is 18.3 Å². The average Bonchev–Trinajstić information content (AvgIpc) is 2.55. The number of carbonyl (C=O) groups excluding carboxylic acids is 1. The van der Waals surface area contributed by atoms with Gasteiger partial charge in [-0.2, -0.15) is 0 Å². The molecular weight excluding hydrogens is 294 g/mol. The van der Waals surface area contributed by atoms with E-state index in [0.717, 1.165) is 22.1 Å². The van der Waals surface area contributed by atoms with E-state index in [1.165, 1.54) is 0 Å². The number of hydrogen-bond donors (Lipinski definition) is 1. The van der Waals surface area contributed by atoms with Gasteiger partial charge in [-0.15, -0.1) is 11.8 Å². The summed E-state index contributed by atoms with van der Waals surface area (Å²) in [6, 6.07) is 14.9. The second-order valence-corrected chi connectivity index (χ2v) is 5.81. The summed E-state index contributed by atoms with van der Waals surface area (Å²) in [6.07, 6.45) is 1.69. The first-order chi connectivity index (χ1) is 10.7. The molecule has 0 aliphatic rings. The lowest BCUT2D eigenvalue weighted by molar-refractivity contribution is 0.102. The van der Waals surface area contributed by atoms with E-state index in [4.69, 9.17) is 4.74 Å². The van der Waals surface area contributed by atoms with E-state index in [1.54, 1.807) is 17.8 Å². The standard InChI is InChI=1S/C18H19NO2S/c1-3-13-21-15-11-9-14(10-12-15)19-18(20)16-7-5-6-8-17(16)22-4-2/h3,5-12H,1,4,13H2,2H3,(H,19,20). The highest BCUT2D eigenvalue weighted by Crippen LogP contribution is 2.23. The van der Waals surface area contributed by atoms with Gasteiger partial charge >= 0.3 is 0 Å². The molecule has 4 heteroatoms. The third-order valence-corrected chi connectivity index (χ3v) is 3.87. The normalized spacial score (nSPS) is 10.0. The molecule has 0 unspecified atom stereocenters. The third kappa shape index (κ3) is 4.40. The third-order valence-electron chi connectivity index (χ3n) is 2.91. The van der Waals surface area contributed by atoms with Crippen LogP contribution in [0, 0.1) is 0 Å². The van der Waals surface area contributed by atoms with Gasteiger partial charge in [0.05, 0.1) is 5.56 Å². The molecule has 1 N–H and O–H groups in total. The number of thioether (sulfide) groups is 1. The van der Waals surface area contributed by atoms with Gasteiger partial charge in [-0.3, -0.25) is 4.79 Å². The van der Waals surface area contributed by atoms with Crippen LogP contribution in [0.1, 0.15) is 17.3 Å². The highest BCUT2D eigenvalue weighted by molar-refractivity contribution is 7.99. The van der Waals surface area contributed by atoms with Gasteiger partial charge < -0.3 is 10.1 Å². The van der Waals surface area contributed by atoms with Crippen molar-refractivity contribution in [2.24, 2.45) is 0 Å². The lowest BCUT2D eigenvalue weighted by Crippen LogP contribution is -2.12. The predicted octanol–water partition coefficient (Wildman–Crippen LogP) is 4.62. The Bertz CT molecular complexity index is 638. The highest BCUT2D eigenvalue weighted by atomic mass is 32.2. The molecule has 3 nitrogen and oxygen atoms in total. The van der Waals surface area contributed by atoms with E-state index < -0.39 is 0 Å². The van der Waals surface area contributed by atoms with Crippen molar-refractivity contribution in [3.05, 3.63) is 66.7 Å². The van der Waals surface area contributed by atoms with E-state index >= 15 is 0 Å². The Balaban J connectivity index is 2.07. The number of benzene rings is 2. The minimum absolute atomic E-state index is 0.101. The summed E-state index contributed by atoms with van der Waals surface area (Å²) in [4.78, 5) is 13.4. The first-order valence-corrected chi connectivity index (χ1v) is 8.10. The van der Waals surface area contributed by atoms with Crippen molar-refractivity contribution < 1.29 is 9.53 Å². The number of amides is 1. The molecule has 0 saturated carbocycles. The number of carbonyl (C=O) groups is 1. The van der Waals surface area contributed by atoms with Gasteiger partial charge in [0.15, 0.2) is 0 Å². The van der Waals surface area contributed by atoms with Gasteiger partial charge in [-0.05, 0) is 42.2 Å². The molecule has 0 radical (unpaired) electrons. The average molecular weight is 313 g/mol. The lowest BCUT2D eigenvalue weighted by atomic mass is 10.2. The molecule has 1 amide bonds. The molecule has 2 aromatic carbocycles. The Labute approximate surface area is 135 Å². The zero-order valence-electron chi connectivity index (χ0n) is 12.5. The summed E-state index contributed by atoms with van der Waals surface area (Å²) in [6.45, 7) is 6.14. The topological polar surface area (TPSA) is 38.3 Å². The molecule has 0 aromatic heterocycles. The van der Waals surface area contributed by atoms with Crippen LogP contribution in [0.5, 0.6) is 5.75 Å². The Morgan fingerprint density at radius 1 is 1.23 bits per heavy atom. The van der Waals surface area contributed by atoms with Crippen LogP contribution >= 0.6 is 11.8 Å². The van der Waals surface area contributed by atoms with E-state index in [2.05, 4.69) is 18.8 Å². The Kier molecular flexibility index (Phi) is 6.10. The maximum atomic E-state index is 12.4. The van der Waals surface area contributed by atoms with Crippen LogP contribution in [0.2, 0.25) is 0 Å². The molecule has 2 aromatic rings. The minimum atomic E-state index is -0.101. The molecule has 0 fully saturated rings. The molecule has 0 bridgehead atoms. The lowest BCUT2D eigenvalue weighted by Gasteiger charge is -2.10. The fraction of sp³-hybridized carbons (Fsp3) is 0.167. The summed E-state index contributed by atoms with van der Waals surface area (Å²) in [5.74, 6) is 1.58. The summed E-state index contributed by atoms with van der Waals surface area (Å²) in [5, 5.41) is 2.91. The second-order valence-electron chi connectivity index (χ2n) is 4.51. The van der Waals surface area contributed by atoms with Gasteiger partial charge in [-0.1, -0.05) is 31.7 Å². The molecule has 0 spiro atoms. The Morgan fingerprint density at radius 3 is 2.64 bits per heavy atom. The van der Waals surface area contributed by atoms with Gasteiger partial charge in [0.2, 0.25) is 0 Å². The van der Waals surface area contributed by atoms with Gasteiger partial charge in [0, 0.05) is 10.6 Å². The molecule has 0 aliphatic heterocycles. The number of ether oxygens (including phenoxy) is 1. The first kappa shape index (κ1) is 16.2. The van der Waals surface area contributed by atoms with Gasteiger partial charge in [0.25, 0.3) is 5.91 Å². The van der Waals surface area contributed by atoms with Gasteiger partial charge in [0.1, 0.15) is 12.4 Å². The molecule has 0 aliphatic carbocycles. The van der Waals surface area contributed by atoms with Crippen LogP contribution in [0.15, 0.2) is 66.1 Å². The molecule has 114 valence electrons. The number of rotatable bonds is 7. The van der Waals surface area contributed by atoms with Crippen molar-refractivity contribution >= 4 is 23.4 Å². The van der Waals surface area contributed by atoms with Gasteiger partial charge in [-0.25, -0.2) is 0 Å². The maximum absolute atomic E-state index is 12.4. The number of nitrogens with one attached hydrogen (secondary N) is 1. The quantitative estimate of drug-likeness (QED) is 0.599. The Morgan fingerprint density at radius 2 is 1.95 bits per heavy atom. The van der Waals surface area contributed by atoms with Crippen molar-refractivity contribution in [1.82, 2.24) is 0 Å². The molecular formula is C18H19NO2S. The smallest absolute Gasteiger partial charge is 0.256 e. The van der Waals surface area contributed by atoms with Crippen LogP contribution < -0.4 is 10.1 Å². The molecule has 0 saturated heterocycles. The van der Waals surface area contributed by atoms with E-state index in [0.29, 0.717) is 12.2 Å². The molecule has 2 rings (SSSR count). The van der Waals surface area contributed by atoms with Crippen molar-refractivity contribution in [2.75, 3.05) is 17.7 Å². The Hall–Kier alpha value is -2.20. The van der Waals surface area contributed by atoms with Crippen molar-refractivity contribution in [1.29, 1.82) is 0 Å². The minimum Gasteiger partial charge on any atom is -0.490 e. The number of hydrogen-bond acceptors (Lipinski definition) is 3. The highest BCUT2D eigenvalue weighted by Gasteiger charge is 2.11. The maximum Gasteiger partial charge on any atom is 0.256 e. The molecule has 0 atom stereocenters. The SMILES string of the molecule is C=CCOc1ccc(NC(=O)c2ccccc2SCC)cc1. The molecule has 22 heavy (non-hydrogen) atoms. The predicted molar refractivity (Wildman–Crippen MR) is 92.9 cm³/mol.